The quantitative estimate of drug-likeness (QED) is 0.794. The fourth-order valence-electron chi connectivity index (χ4n) is 1.82. The normalized spacial score (nSPS) is 11.7. The van der Waals surface area contributed by atoms with Gasteiger partial charge in [0.25, 0.3) is 0 Å². The highest BCUT2D eigenvalue weighted by molar-refractivity contribution is 9.10. The van der Waals surface area contributed by atoms with Crippen molar-refractivity contribution in [3.8, 4) is 0 Å². The van der Waals surface area contributed by atoms with Crippen LogP contribution < -0.4 is 5.32 Å². The molecule has 0 saturated heterocycles. The molecule has 1 atom stereocenters. The van der Waals surface area contributed by atoms with Crippen LogP contribution in [0.4, 0.5) is 5.69 Å². The molecular formula is C17H18BrNO2. The highest BCUT2D eigenvalue weighted by atomic mass is 79.9. The number of carbonyl (C=O) groups is 1. The molecule has 1 unspecified atom stereocenters. The highest BCUT2D eigenvalue weighted by Gasteiger charge is 2.14. The van der Waals surface area contributed by atoms with E-state index in [2.05, 4.69) is 21.2 Å². The summed E-state index contributed by atoms with van der Waals surface area (Å²) in [6, 6.07) is 17.5. The maximum Gasteiger partial charge on any atom is 0.310 e. The molecule has 2 aromatic carbocycles. The molecule has 0 heterocycles. The average molecular weight is 348 g/mol. The molecule has 0 aromatic heterocycles. The van der Waals surface area contributed by atoms with Crippen molar-refractivity contribution in [1.82, 2.24) is 0 Å². The van der Waals surface area contributed by atoms with Crippen molar-refractivity contribution in [3.63, 3.8) is 0 Å². The van der Waals surface area contributed by atoms with Crippen molar-refractivity contribution in [2.24, 2.45) is 5.92 Å². The first kappa shape index (κ1) is 15.6. The second-order valence-corrected chi connectivity index (χ2v) is 5.80. The molecule has 0 bridgehead atoms. The van der Waals surface area contributed by atoms with Crippen molar-refractivity contribution in [2.45, 2.75) is 13.5 Å². The lowest BCUT2D eigenvalue weighted by Crippen LogP contribution is -2.22. The molecule has 0 aliphatic heterocycles. The Balaban J connectivity index is 1.77. The Hall–Kier alpha value is -1.81. The van der Waals surface area contributed by atoms with Gasteiger partial charge in [-0.25, -0.2) is 0 Å². The Bertz CT molecular complexity index is 586. The lowest BCUT2D eigenvalue weighted by molar-refractivity contribution is -0.148. The van der Waals surface area contributed by atoms with Crippen LogP contribution in [0.1, 0.15) is 12.5 Å². The number of ether oxygens (including phenoxy) is 1. The largest absolute Gasteiger partial charge is 0.461 e. The number of halogens is 1. The third-order valence-electron chi connectivity index (χ3n) is 3.06. The van der Waals surface area contributed by atoms with Gasteiger partial charge in [0.1, 0.15) is 6.61 Å². The number of hydrogen-bond donors (Lipinski definition) is 1. The third kappa shape index (κ3) is 5.23. The molecule has 4 heteroatoms. The third-order valence-corrected chi connectivity index (χ3v) is 3.56. The summed E-state index contributed by atoms with van der Waals surface area (Å²) in [6.07, 6.45) is 0. The van der Waals surface area contributed by atoms with Gasteiger partial charge in [-0.3, -0.25) is 4.79 Å². The molecule has 0 spiro atoms. The Morgan fingerprint density at radius 1 is 1.19 bits per heavy atom. The summed E-state index contributed by atoms with van der Waals surface area (Å²) in [5.41, 5.74) is 1.98. The van der Waals surface area contributed by atoms with Crippen molar-refractivity contribution < 1.29 is 9.53 Å². The minimum atomic E-state index is -0.201. The zero-order valence-corrected chi connectivity index (χ0v) is 13.5. The Labute approximate surface area is 133 Å². The first-order chi connectivity index (χ1) is 10.1. The van der Waals surface area contributed by atoms with Crippen LogP contribution in [-0.4, -0.2) is 12.5 Å². The van der Waals surface area contributed by atoms with E-state index in [0.29, 0.717) is 13.2 Å². The first-order valence-corrected chi connectivity index (χ1v) is 7.64. The second kappa shape index (κ2) is 7.84. The van der Waals surface area contributed by atoms with Gasteiger partial charge in [0.2, 0.25) is 0 Å². The minimum Gasteiger partial charge on any atom is -0.461 e. The summed E-state index contributed by atoms with van der Waals surface area (Å²) < 4.78 is 6.32. The van der Waals surface area contributed by atoms with E-state index in [1.54, 1.807) is 0 Å². The molecule has 3 nitrogen and oxygen atoms in total. The molecule has 0 aliphatic rings. The fourth-order valence-corrected chi connectivity index (χ4v) is 2.22. The van der Waals surface area contributed by atoms with Crippen molar-refractivity contribution in [2.75, 3.05) is 11.9 Å². The van der Waals surface area contributed by atoms with E-state index in [9.17, 15) is 4.79 Å². The lowest BCUT2D eigenvalue weighted by Gasteiger charge is -2.13. The van der Waals surface area contributed by atoms with Crippen LogP contribution in [-0.2, 0) is 16.1 Å². The number of anilines is 1. The fraction of sp³-hybridized carbons (Fsp3) is 0.235. The summed E-state index contributed by atoms with van der Waals surface area (Å²) in [4.78, 5) is 11.9. The molecule has 110 valence electrons. The van der Waals surface area contributed by atoms with Crippen molar-refractivity contribution in [1.29, 1.82) is 0 Å². The standard InChI is InChI=1S/C17H18BrNO2/c1-13(11-19-16-9-5-8-15(18)10-16)17(20)21-12-14-6-3-2-4-7-14/h2-10,13,19H,11-12H2,1H3. The average Bonchev–Trinajstić information content (AvgIpc) is 2.51. The second-order valence-electron chi connectivity index (χ2n) is 4.89. The van der Waals surface area contributed by atoms with Gasteiger partial charge in [-0.15, -0.1) is 0 Å². The molecule has 0 amide bonds. The van der Waals surface area contributed by atoms with Crippen LogP contribution in [0.15, 0.2) is 59.1 Å². The van der Waals surface area contributed by atoms with Crippen LogP contribution in [0.5, 0.6) is 0 Å². The van der Waals surface area contributed by atoms with E-state index in [1.165, 1.54) is 0 Å². The molecule has 2 rings (SSSR count). The summed E-state index contributed by atoms with van der Waals surface area (Å²) in [5, 5.41) is 3.23. The maximum absolute atomic E-state index is 11.9. The molecule has 2 aromatic rings. The van der Waals surface area contributed by atoms with Gasteiger partial charge in [-0.05, 0) is 23.8 Å². The Morgan fingerprint density at radius 2 is 1.95 bits per heavy atom. The van der Waals surface area contributed by atoms with Crippen LogP contribution >= 0.6 is 15.9 Å². The SMILES string of the molecule is CC(CNc1cccc(Br)c1)C(=O)OCc1ccccc1. The zero-order chi connectivity index (χ0) is 15.1. The Kier molecular flexibility index (Phi) is 5.81. The summed E-state index contributed by atoms with van der Waals surface area (Å²) in [7, 11) is 0. The number of carbonyl (C=O) groups excluding carboxylic acids is 1. The van der Waals surface area contributed by atoms with Gasteiger partial charge < -0.3 is 10.1 Å². The van der Waals surface area contributed by atoms with Crippen LogP contribution in [0.3, 0.4) is 0 Å². The monoisotopic (exact) mass is 347 g/mol. The number of benzene rings is 2. The lowest BCUT2D eigenvalue weighted by atomic mass is 10.2. The van der Waals surface area contributed by atoms with E-state index in [0.717, 1.165) is 15.7 Å². The molecule has 0 saturated carbocycles. The van der Waals surface area contributed by atoms with Crippen molar-refractivity contribution in [3.05, 3.63) is 64.6 Å². The number of nitrogens with one attached hydrogen (secondary N) is 1. The zero-order valence-electron chi connectivity index (χ0n) is 11.9. The van der Waals surface area contributed by atoms with E-state index in [4.69, 9.17) is 4.74 Å². The van der Waals surface area contributed by atoms with E-state index in [1.807, 2.05) is 61.5 Å². The smallest absolute Gasteiger partial charge is 0.310 e. The first-order valence-electron chi connectivity index (χ1n) is 6.85. The van der Waals surface area contributed by atoms with Crippen LogP contribution in [0.2, 0.25) is 0 Å². The minimum absolute atomic E-state index is 0.193. The van der Waals surface area contributed by atoms with Gasteiger partial charge >= 0.3 is 5.97 Å². The van der Waals surface area contributed by atoms with Crippen LogP contribution in [0.25, 0.3) is 0 Å². The predicted molar refractivity (Wildman–Crippen MR) is 88.0 cm³/mol. The molecular weight excluding hydrogens is 330 g/mol. The topological polar surface area (TPSA) is 38.3 Å². The van der Waals surface area contributed by atoms with Gasteiger partial charge in [0.05, 0.1) is 5.92 Å². The summed E-state index contributed by atoms with van der Waals surface area (Å²) in [5.74, 6) is -0.394. The van der Waals surface area contributed by atoms with Gasteiger partial charge in [-0.2, -0.15) is 0 Å². The van der Waals surface area contributed by atoms with Crippen LogP contribution in [0, 0.1) is 5.92 Å². The van der Waals surface area contributed by atoms with E-state index in [-0.39, 0.29) is 11.9 Å². The predicted octanol–water partition coefficient (Wildman–Crippen LogP) is 4.24. The number of esters is 1. The van der Waals surface area contributed by atoms with Gasteiger partial charge in [-0.1, -0.05) is 59.3 Å². The van der Waals surface area contributed by atoms with Crippen molar-refractivity contribution >= 4 is 27.6 Å². The van der Waals surface area contributed by atoms with E-state index >= 15 is 0 Å². The molecule has 0 aliphatic carbocycles. The Morgan fingerprint density at radius 3 is 2.67 bits per heavy atom. The maximum atomic E-state index is 11.9. The summed E-state index contributed by atoms with van der Waals surface area (Å²) >= 11 is 3.42. The molecule has 1 N–H and O–H groups in total. The van der Waals surface area contributed by atoms with Gasteiger partial charge in [0, 0.05) is 16.7 Å². The molecule has 0 radical (unpaired) electrons. The molecule has 21 heavy (non-hydrogen) atoms. The van der Waals surface area contributed by atoms with Gasteiger partial charge in [0.15, 0.2) is 0 Å². The number of rotatable bonds is 6. The summed E-state index contributed by atoms with van der Waals surface area (Å²) in [6.45, 7) is 2.73. The number of hydrogen-bond acceptors (Lipinski definition) is 3. The highest BCUT2D eigenvalue weighted by Crippen LogP contribution is 2.16. The van der Waals surface area contributed by atoms with E-state index < -0.39 is 0 Å². The molecule has 0 fully saturated rings.